The minimum atomic E-state index is -0.694. The van der Waals surface area contributed by atoms with E-state index in [-0.39, 0.29) is 5.78 Å². The second-order valence-electron chi connectivity index (χ2n) is 3.14. The molecule has 82 valence electrons. The lowest BCUT2D eigenvalue weighted by atomic mass is 10.3. The van der Waals surface area contributed by atoms with Crippen molar-refractivity contribution in [2.45, 2.75) is 25.4 Å². The predicted molar refractivity (Wildman–Crippen MR) is 49.9 cm³/mol. The molecule has 5 nitrogen and oxygen atoms in total. The molecule has 1 aliphatic carbocycles. The second kappa shape index (κ2) is 5.29. The summed E-state index contributed by atoms with van der Waals surface area (Å²) in [6, 6.07) is 0. The van der Waals surface area contributed by atoms with Gasteiger partial charge in [-0.25, -0.2) is 9.59 Å². The van der Waals surface area contributed by atoms with E-state index >= 15 is 0 Å². The van der Waals surface area contributed by atoms with Crippen LogP contribution >= 0.6 is 0 Å². The fourth-order valence-electron chi connectivity index (χ4n) is 1.29. The molecule has 1 aliphatic rings. The molecule has 1 atom stereocenters. The van der Waals surface area contributed by atoms with Crippen LogP contribution in [0.25, 0.3) is 0 Å². The maximum absolute atomic E-state index is 11.1. The van der Waals surface area contributed by atoms with E-state index in [0.29, 0.717) is 12.8 Å². The van der Waals surface area contributed by atoms with Gasteiger partial charge in [-0.1, -0.05) is 0 Å². The monoisotopic (exact) mass is 212 g/mol. The SMILES string of the molecule is COC(=O)/C=C/C(=O)OC1CCCC1=O. The molecular weight excluding hydrogens is 200 g/mol. The molecule has 0 aromatic rings. The van der Waals surface area contributed by atoms with Gasteiger partial charge in [0.2, 0.25) is 0 Å². The zero-order chi connectivity index (χ0) is 11.3. The topological polar surface area (TPSA) is 69.7 Å². The number of esters is 2. The molecule has 1 saturated carbocycles. The number of hydrogen-bond donors (Lipinski definition) is 0. The first-order chi connectivity index (χ1) is 7.13. The third kappa shape index (κ3) is 3.53. The number of ether oxygens (including phenoxy) is 2. The zero-order valence-corrected chi connectivity index (χ0v) is 8.39. The highest BCUT2D eigenvalue weighted by Gasteiger charge is 2.27. The molecule has 0 aliphatic heterocycles. The van der Waals surface area contributed by atoms with Crippen molar-refractivity contribution in [2.24, 2.45) is 0 Å². The Balaban J connectivity index is 2.39. The highest BCUT2D eigenvalue weighted by molar-refractivity contribution is 5.93. The summed E-state index contributed by atoms with van der Waals surface area (Å²) in [5, 5.41) is 0. The van der Waals surface area contributed by atoms with Crippen LogP contribution in [0.2, 0.25) is 0 Å². The van der Waals surface area contributed by atoms with Gasteiger partial charge in [0.05, 0.1) is 7.11 Å². The standard InChI is InChI=1S/C10H12O5/c1-14-9(12)5-6-10(13)15-8-4-2-3-7(8)11/h5-6,8H,2-4H2,1H3/b6-5+. The maximum atomic E-state index is 11.1. The van der Waals surface area contributed by atoms with Crippen LogP contribution in [0.5, 0.6) is 0 Å². The highest BCUT2D eigenvalue weighted by atomic mass is 16.5. The van der Waals surface area contributed by atoms with Crippen molar-refractivity contribution in [1.29, 1.82) is 0 Å². The summed E-state index contributed by atoms with van der Waals surface area (Å²) in [5.74, 6) is -1.39. The molecule has 5 heteroatoms. The van der Waals surface area contributed by atoms with Crippen LogP contribution in [-0.2, 0) is 23.9 Å². The Kier molecular flexibility index (Phi) is 4.03. The third-order valence-electron chi connectivity index (χ3n) is 2.06. The number of rotatable bonds is 3. The van der Waals surface area contributed by atoms with Gasteiger partial charge in [0.25, 0.3) is 0 Å². The van der Waals surface area contributed by atoms with E-state index in [2.05, 4.69) is 4.74 Å². The molecule has 0 aromatic carbocycles. The Morgan fingerprint density at radius 1 is 1.33 bits per heavy atom. The summed E-state index contributed by atoms with van der Waals surface area (Å²) in [7, 11) is 1.21. The Morgan fingerprint density at radius 2 is 2.00 bits per heavy atom. The number of carbonyl (C=O) groups is 3. The zero-order valence-electron chi connectivity index (χ0n) is 8.39. The molecular formula is C10H12O5. The molecule has 0 bridgehead atoms. The normalized spacial score (nSPS) is 20.6. The summed E-state index contributed by atoms with van der Waals surface area (Å²) < 4.78 is 9.13. The summed E-state index contributed by atoms with van der Waals surface area (Å²) in [6.07, 6.45) is 3.05. The van der Waals surface area contributed by atoms with Crippen molar-refractivity contribution >= 4 is 17.7 Å². The molecule has 0 amide bonds. The number of carbonyl (C=O) groups excluding carboxylic acids is 3. The molecule has 0 aromatic heterocycles. The van der Waals surface area contributed by atoms with Crippen molar-refractivity contribution in [3.63, 3.8) is 0 Å². The first-order valence-electron chi connectivity index (χ1n) is 4.63. The van der Waals surface area contributed by atoms with Crippen LogP contribution in [0.3, 0.4) is 0 Å². The molecule has 1 fully saturated rings. The molecule has 1 rings (SSSR count). The van der Waals surface area contributed by atoms with Gasteiger partial charge in [-0.15, -0.1) is 0 Å². The Labute approximate surface area is 87.0 Å². The van der Waals surface area contributed by atoms with E-state index in [1.807, 2.05) is 0 Å². The van der Waals surface area contributed by atoms with Crippen LogP contribution in [0.15, 0.2) is 12.2 Å². The quantitative estimate of drug-likeness (QED) is 0.499. The van der Waals surface area contributed by atoms with E-state index in [9.17, 15) is 14.4 Å². The van der Waals surface area contributed by atoms with Crippen molar-refractivity contribution in [2.75, 3.05) is 7.11 Å². The first-order valence-corrected chi connectivity index (χ1v) is 4.63. The average molecular weight is 212 g/mol. The second-order valence-corrected chi connectivity index (χ2v) is 3.14. The molecule has 15 heavy (non-hydrogen) atoms. The smallest absolute Gasteiger partial charge is 0.331 e. The largest absolute Gasteiger partial charge is 0.466 e. The average Bonchev–Trinajstić information content (AvgIpc) is 2.61. The fourth-order valence-corrected chi connectivity index (χ4v) is 1.29. The van der Waals surface area contributed by atoms with Crippen LogP contribution in [0.1, 0.15) is 19.3 Å². The van der Waals surface area contributed by atoms with E-state index < -0.39 is 18.0 Å². The number of ketones is 1. The van der Waals surface area contributed by atoms with Gasteiger partial charge < -0.3 is 9.47 Å². The summed E-state index contributed by atoms with van der Waals surface area (Å²) in [4.78, 5) is 32.8. The van der Waals surface area contributed by atoms with Crippen molar-refractivity contribution in [3.8, 4) is 0 Å². The van der Waals surface area contributed by atoms with E-state index in [1.54, 1.807) is 0 Å². The summed E-state index contributed by atoms with van der Waals surface area (Å²) >= 11 is 0. The Bertz CT molecular complexity index is 305. The lowest BCUT2D eigenvalue weighted by Gasteiger charge is -2.07. The fraction of sp³-hybridized carbons (Fsp3) is 0.500. The van der Waals surface area contributed by atoms with Crippen LogP contribution in [0, 0.1) is 0 Å². The highest BCUT2D eigenvalue weighted by Crippen LogP contribution is 2.17. The van der Waals surface area contributed by atoms with Gasteiger partial charge in [-0.2, -0.15) is 0 Å². The van der Waals surface area contributed by atoms with E-state index in [4.69, 9.17) is 4.74 Å². The number of Topliss-reactive ketones (excluding diaryl/α,β-unsaturated/α-hetero) is 1. The lowest BCUT2D eigenvalue weighted by Crippen LogP contribution is -2.20. The molecule has 1 unspecified atom stereocenters. The molecule has 0 radical (unpaired) electrons. The van der Waals surface area contributed by atoms with Crippen LogP contribution in [0.4, 0.5) is 0 Å². The first kappa shape index (κ1) is 11.4. The molecule has 0 spiro atoms. The van der Waals surface area contributed by atoms with Gasteiger partial charge in [0.15, 0.2) is 11.9 Å². The van der Waals surface area contributed by atoms with Crippen LogP contribution < -0.4 is 0 Å². The number of methoxy groups -OCH3 is 1. The van der Waals surface area contributed by atoms with Gasteiger partial charge in [-0.05, 0) is 12.8 Å². The molecule has 0 saturated heterocycles. The minimum absolute atomic E-state index is 0.0604. The van der Waals surface area contributed by atoms with Crippen LogP contribution in [-0.4, -0.2) is 30.9 Å². The van der Waals surface area contributed by atoms with E-state index in [1.165, 1.54) is 7.11 Å². The Morgan fingerprint density at radius 3 is 2.53 bits per heavy atom. The minimum Gasteiger partial charge on any atom is -0.466 e. The van der Waals surface area contributed by atoms with Gasteiger partial charge >= 0.3 is 11.9 Å². The van der Waals surface area contributed by atoms with Crippen molar-refractivity contribution < 1.29 is 23.9 Å². The molecule has 0 N–H and O–H groups in total. The maximum Gasteiger partial charge on any atom is 0.331 e. The summed E-state index contributed by atoms with van der Waals surface area (Å²) in [6.45, 7) is 0. The van der Waals surface area contributed by atoms with Crippen molar-refractivity contribution in [3.05, 3.63) is 12.2 Å². The summed E-state index contributed by atoms with van der Waals surface area (Å²) in [5.41, 5.74) is 0. The molecule has 0 heterocycles. The van der Waals surface area contributed by atoms with Crippen molar-refractivity contribution in [1.82, 2.24) is 0 Å². The van der Waals surface area contributed by atoms with Gasteiger partial charge in [0, 0.05) is 18.6 Å². The van der Waals surface area contributed by atoms with E-state index in [0.717, 1.165) is 18.6 Å². The predicted octanol–water partition coefficient (Wildman–Crippen LogP) is 0.380. The lowest BCUT2D eigenvalue weighted by molar-refractivity contribution is -0.148. The van der Waals surface area contributed by atoms with Gasteiger partial charge in [0.1, 0.15) is 0 Å². The Hall–Kier alpha value is -1.65. The third-order valence-corrected chi connectivity index (χ3v) is 2.06. The van der Waals surface area contributed by atoms with Gasteiger partial charge in [-0.3, -0.25) is 4.79 Å². The number of hydrogen-bond acceptors (Lipinski definition) is 5.